The van der Waals surface area contributed by atoms with Crippen molar-refractivity contribution in [2.24, 2.45) is 0 Å². The molecule has 26 heavy (non-hydrogen) atoms. The summed E-state index contributed by atoms with van der Waals surface area (Å²) in [6.45, 7) is 0.445. The molecule has 5 nitrogen and oxygen atoms in total. The van der Waals surface area contributed by atoms with Crippen LogP contribution >= 0.6 is 11.6 Å². The molecule has 2 aromatic carbocycles. The molecular weight excluding hydrogens is 350 g/mol. The van der Waals surface area contributed by atoms with E-state index in [2.05, 4.69) is 4.98 Å². The Bertz CT molecular complexity index is 953. The van der Waals surface area contributed by atoms with Gasteiger partial charge in [0.15, 0.2) is 0 Å². The molecular formula is C20H18ClN3O2. The molecule has 0 spiro atoms. The molecule has 0 saturated carbocycles. The molecule has 0 unspecified atom stereocenters. The number of aromatic nitrogens is 2. The van der Waals surface area contributed by atoms with Gasteiger partial charge in [-0.05, 0) is 17.7 Å². The number of hydrogen-bond donors (Lipinski definition) is 0. The molecule has 0 aliphatic rings. The largest absolute Gasteiger partial charge is 0.340 e. The number of carbonyl (C=O) groups is 1. The van der Waals surface area contributed by atoms with Gasteiger partial charge in [-0.2, -0.15) is 0 Å². The number of likely N-dealkylation sites (N-methyl/N-ethyl adjacent to an activating group) is 1. The molecule has 1 heterocycles. The van der Waals surface area contributed by atoms with Gasteiger partial charge in [0.1, 0.15) is 6.54 Å². The quantitative estimate of drug-likeness (QED) is 0.695. The average molecular weight is 368 g/mol. The molecule has 132 valence electrons. The Balaban J connectivity index is 1.70. The lowest BCUT2D eigenvalue weighted by Gasteiger charge is -2.18. The third-order valence-corrected chi connectivity index (χ3v) is 4.27. The maximum atomic E-state index is 12.4. The fourth-order valence-corrected chi connectivity index (χ4v) is 2.66. The third kappa shape index (κ3) is 4.37. The molecule has 1 aromatic heterocycles. The van der Waals surface area contributed by atoms with Crippen molar-refractivity contribution in [3.8, 4) is 11.3 Å². The highest BCUT2D eigenvalue weighted by Crippen LogP contribution is 2.18. The minimum absolute atomic E-state index is 0.0456. The summed E-state index contributed by atoms with van der Waals surface area (Å²) in [7, 11) is 1.72. The summed E-state index contributed by atoms with van der Waals surface area (Å²) in [6, 6.07) is 18.2. The van der Waals surface area contributed by atoms with Crippen LogP contribution in [0.4, 0.5) is 0 Å². The van der Waals surface area contributed by atoms with Crippen LogP contribution in [0.15, 0.2) is 71.8 Å². The van der Waals surface area contributed by atoms with E-state index in [1.54, 1.807) is 36.2 Å². The van der Waals surface area contributed by atoms with Crippen LogP contribution in [0.2, 0.25) is 5.02 Å². The van der Waals surface area contributed by atoms with E-state index in [0.717, 1.165) is 11.1 Å². The summed E-state index contributed by atoms with van der Waals surface area (Å²) >= 11 is 5.87. The number of nitrogens with zero attached hydrogens (tertiary/aromatic N) is 3. The van der Waals surface area contributed by atoms with Gasteiger partial charge in [-0.3, -0.25) is 14.2 Å². The van der Waals surface area contributed by atoms with Gasteiger partial charge in [0.25, 0.3) is 5.56 Å². The molecule has 6 heteroatoms. The van der Waals surface area contributed by atoms with Crippen molar-refractivity contribution in [1.82, 2.24) is 14.5 Å². The molecule has 3 rings (SSSR count). The number of rotatable bonds is 5. The smallest absolute Gasteiger partial charge is 0.254 e. The molecule has 0 atom stereocenters. The molecule has 0 aliphatic carbocycles. The Morgan fingerprint density at radius 2 is 1.81 bits per heavy atom. The summed E-state index contributed by atoms with van der Waals surface area (Å²) in [5.74, 6) is -0.156. The molecule has 0 radical (unpaired) electrons. The molecule has 0 N–H and O–H groups in total. The second-order valence-electron chi connectivity index (χ2n) is 5.98. The highest BCUT2D eigenvalue weighted by molar-refractivity contribution is 6.30. The van der Waals surface area contributed by atoms with Crippen molar-refractivity contribution in [2.75, 3.05) is 7.05 Å². The minimum Gasteiger partial charge on any atom is -0.340 e. The van der Waals surface area contributed by atoms with Crippen molar-refractivity contribution >= 4 is 17.5 Å². The van der Waals surface area contributed by atoms with E-state index in [9.17, 15) is 9.59 Å². The fraction of sp³-hybridized carbons (Fsp3) is 0.150. The lowest BCUT2D eigenvalue weighted by Crippen LogP contribution is -2.33. The minimum atomic E-state index is -0.272. The van der Waals surface area contributed by atoms with Crippen LogP contribution in [0.1, 0.15) is 5.56 Å². The first-order valence-electron chi connectivity index (χ1n) is 8.13. The van der Waals surface area contributed by atoms with Crippen LogP contribution in [0.25, 0.3) is 11.3 Å². The first-order chi connectivity index (χ1) is 12.5. The fourth-order valence-electron chi connectivity index (χ4n) is 2.54. The Labute approximate surface area is 156 Å². The molecule has 1 amide bonds. The van der Waals surface area contributed by atoms with Gasteiger partial charge in [0.2, 0.25) is 5.91 Å². The Kier molecular flexibility index (Phi) is 5.49. The number of benzene rings is 2. The van der Waals surface area contributed by atoms with Crippen LogP contribution in [0.5, 0.6) is 0 Å². The van der Waals surface area contributed by atoms with Crippen molar-refractivity contribution < 1.29 is 4.79 Å². The monoisotopic (exact) mass is 367 g/mol. The van der Waals surface area contributed by atoms with Gasteiger partial charge in [-0.15, -0.1) is 0 Å². The number of carbonyl (C=O) groups excluding carboxylic acids is 1. The highest BCUT2D eigenvalue weighted by Gasteiger charge is 2.12. The molecule has 3 aromatic rings. The SMILES string of the molecule is CN(Cc1ccccc1)C(=O)Cn1cnc(-c2ccc(Cl)cc2)cc1=O. The van der Waals surface area contributed by atoms with Crippen molar-refractivity contribution in [2.45, 2.75) is 13.1 Å². The van der Waals surface area contributed by atoms with E-state index in [4.69, 9.17) is 11.6 Å². The van der Waals surface area contributed by atoms with Crippen molar-refractivity contribution in [3.63, 3.8) is 0 Å². The van der Waals surface area contributed by atoms with Gasteiger partial charge in [0, 0.05) is 30.2 Å². The van der Waals surface area contributed by atoms with Crippen LogP contribution in [-0.2, 0) is 17.9 Å². The Morgan fingerprint density at radius 3 is 2.46 bits per heavy atom. The first kappa shape index (κ1) is 17.9. The standard InChI is InChI=1S/C20H18ClN3O2/c1-23(12-15-5-3-2-4-6-15)20(26)13-24-14-22-18(11-19(24)25)16-7-9-17(21)10-8-16/h2-11,14H,12-13H2,1H3. The zero-order valence-corrected chi connectivity index (χ0v) is 15.1. The van der Waals surface area contributed by atoms with Gasteiger partial charge >= 0.3 is 0 Å². The Morgan fingerprint density at radius 1 is 1.12 bits per heavy atom. The van der Waals surface area contributed by atoms with Gasteiger partial charge in [0.05, 0.1) is 12.0 Å². The van der Waals surface area contributed by atoms with E-state index in [1.165, 1.54) is 17.0 Å². The number of halogens is 1. The van der Waals surface area contributed by atoms with E-state index in [-0.39, 0.29) is 18.0 Å². The van der Waals surface area contributed by atoms with Crippen LogP contribution in [0.3, 0.4) is 0 Å². The van der Waals surface area contributed by atoms with E-state index >= 15 is 0 Å². The summed E-state index contributed by atoms with van der Waals surface area (Å²) in [5, 5.41) is 0.620. The number of amides is 1. The maximum Gasteiger partial charge on any atom is 0.254 e. The predicted molar refractivity (Wildman–Crippen MR) is 102 cm³/mol. The summed E-state index contributed by atoms with van der Waals surface area (Å²) in [4.78, 5) is 30.6. The number of hydrogen-bond acceptors (Lipinski definition) is 3. The average Bonchev–Trinajstić information content (AvgIpc) is 2.64. The first-order valence-corrected chi connectivity index (χ1v) is 8.51. The Hall–Kier alpha value is -2.92. The van der Waals surface area contributed by atoms with Gasteiger partial charge in [-0.25, -0.2) is 4.98 Å². The summed E-state index contributed by atoms with van der Waals surface area (Å²) in [5.41, 5.74) is 2.11. The lowest BCUT2D eigenvalue weighted by atomic mass is 10.1. The normalized spacial score (nSPS) is 10.5. The zero-order valence-electron chi connectivity index (χ0n) is 14.3. The molecule has 0 bridgehead atoms. The lowest BCUT2D eigenvalue weighted by molar-refractivity contribution is -0.131. The summed E-state index contributed by atoms with van der Waals surface area (Å²) in [6.07, 6.45) is 1.40. The predicted octanol–water partition coefficient (Wildman–Crippen LogP) is 3.22. The van der Waals surface area contributed by atoms with Crippen LogP contribution in [0, 0.1) is 0 Å². The van der Waals surface area contributed by atoms with Crippen molar-refractivity contribution in [3.05, 3.63) is 87.9 Å². The van der Waals surface area contributed by atoms with Gasteiger partial charge in [-0.1, -0.05) is 54.1 Å². The van der Waals surface area contributed by atoms with Gasteiger partial charge < -0.3 is 4.90 Å². The van der Waals surface area contributed by atoms with Crippen LogP contribution in [-0.4, -0.2) is 27.4 Å². The van der Waals surface area contributed by atoms with E-state index < -0.39 is 0 Å². The van der Waals surface area contributed by atoms with Crippen molar-refractivity contribution in [1.29, 1.82) is 0 Å². The highest BCUT2D eigenvalue weighted by atomic mass is 35.5. The summed E-state index contributed by atoms with van der Waals surface area (Å²) < 4.78 is 1.31. The third-order valence-electron chi connectivity index (χ3n) is 4.01. The molecule has 0 fully saturated rings. The second kappa shape index (κ2) is 7.97. The topological polar surface area (TPSA) is 55.2 Å². The zero-order chi connectivity index (χ0) is 18.5. The van der Waals surface area contributed by atoms with Crippen LogP contribution < -0.4 is 5.56 Å². The second-order valence-corrected chi connectivity index (χ2v) is 6.42. The van der Waals surface area contributed by atoms with E-state index in [1.807, 2.05) is 30.3 Å². The molecule has 0 aliphatic heterocycles. The molecule has 0 saturated heterocycles. The maximum absolute atomic E-state index is 12.4. The van der Waals surface area contributed by atoms with E-state index in [0.29, 0.717) is 17.3 Å².